The van der Waals surface area contributed by atoms with Crippen LogP contribution >= 0.6 is 0 Å². The molecule has 0 rings (SSSR count). The molecule has 0 aromatic heterocycles. The van der Waals surface area contributed by atoms with Crippen molar-refractivity contribution >= 4 is 18.7 Å². The molecule has 0 aliphatic heterocycles. The van der Waals surface area contributed by atoms with Crippen molar-refractivity contribution in [2.45, 2.75) is 0 Å². The van der Waals surface area contributed by atoms with Crippen LogP contribution in [0.2, 0.25) is 0 Å². The van der Waals surface area contributed by atoms with Gasteiger partial charge >= 0.3 is 36.9 Å². The van der Waals surface area contributed by atoms with Crippen LogP contribution in [-0.4, -0.2) is 30.7 Å². The molecule has 9 heteroatoms. The summed E-state index contributed by atoms with van der Waals surface area (Å²) in [6.45, 7) is 0. The molecule has 0 bridgehead atoms. The minimum Gasteiger partial charge on any atom is -0.832 e. The summed E-state index contributed by atoms with van der Waals surface area (Å²) in [4.78, 5) is 0. The Balaban J connectivity index is -0.0000000720. The Kier molecular flexibility index (Phi) is 21.6. The van der Waals surface area contributed by atoms with E-state index in [2.05, 4.69) is 0 Å². The minimum atomic E-state index is -2.61. The van der Waals surface area contributed by atoms with E-state index in [-0.39, 0.29) is 29.6 Å². The Morgan fingerprint density at radius 3 is 1.33 bits per heavy atom. The van der Waals surface area contributed by atoms with Crippen molar-refractivity contribution in [3.05, 3.63) is 0 Å². The predicted molar refractivity (Wildman–Crippen MR) is 23.6 cm³/mol. The molecule has 0 heterocycles. The van der Waals surface area contributed by atoms with Gasteiger partial charge in [-0.1, -0.05) is 0 Å². The van der Waals surface area contributed by atoms with Gasteiger partial charge in [0.05, 0.1) is 0 Å². The molecular formula is H4BNaO6S. The van der Waals surface area contributed by atoms with Crippen molar-refractivity contribution < 1.29 is 57.9 Å². The molecule has 9 heavy (non-hydrogen) atoms. The molecular weight excluding hydrogens is 162 g/mol. The molecule has 6 nitrogen and oxygen atoms in total. The van der Waals surface area contributed by atoms with Gasteiger partial charge in [0.1, 0.15) is 0 Å². The molecule has 0 spiro atoms. The van der Waals surface area contributed by atoms with E-state index in [1.54, 1.807) is 0 Å². The molecule has 0 atom stereocenters. The van der Waals surface area contributed by atoms with Crippen LogP contribution in [0.3, 0.4) is 0 Å². The van der Waals surface area contributed by atoms with Crippen LogP contribution in [0.4, 0.5) is 0 Å². The summed E-state index contributed by atoms with van der Waals surface area (Å²) >= 11 is -2.61. The summed E-state index contributed by atoms with van der Waals surface area (Å²) in [5, 5.41) is 22.8. The molecule has 4 N–H and O–H groups in total. The van der Waals surface area contributed by atoms with E-state index in [9.17, 15) is 0 Å². The summed E-state index contributed by atoms with van der Waals surface area (Å²) in [6, 6.07) is 0. The largest absolute Gasteiger partial charge is 1.00 e. The maximum absolute atomic E-state index is 8.67. The van der Waals surface area contributed by atoms with Crippen LogP contribution in [0.15, 0.2) is 0 Å². The molecule has 0 radical (unpaired) electrons. The molecule has 50 valence electrons. The molecule has 0 aromatic carbocycles. The van der Waals surface area contributed by atoms with E-state index in [1.807, 2.05) is 0 Å². The first-order valence-electron chi connectivity index (χ1n) is 1.28. The van der Waals surface area contributed by atoms with Crippen molar-refractivity contribution in [3.8, 4) is 0 Å². The van der Waals surface area contributed by atoms with E-state index in [1.165, 1.54) is 0 Å². The van der Waals surface area contributed by atoms with Gasteiger partial charge in [-0.15, -0.1) is 0 Å². The molecule has 0 amide bonds. The van der Waals surface area contributed by atoms with Gasteiger partial charge in [0.2, 0.25) is 0 Å². The second kappa shape index (κ2) is 11.8. The second-order valence-electron chi connectivity index (χ2n) is 0.557. The average Bonchev–Trinajstić information content (AvgIpc) is 1.25. The van der Waals surface area contributed by atoms with Gasteiger partial charge in [0, 0.05) is 0 Å². The van der Waals surface area contributed by atoms with Gasteiger partial charge < -0.3 is 15.1 Å². The Bertz CT molecular complexity index is 57.3. The van der Waals surface area contributed by atoms with Crippen LogP contribution in [0, 0.1) is 0 Å². The first-order chi connectivity index (χ1) is 3.46. The first-order valence-corrected chi connectivity index (χ1v) is 2.35. The van der Waals surface area contributed by atoms with Crippen molar-refractivity contribution in [2.24, 2.45) is 0 Å². The third kappa shape index (κ3) is 431. The fraction of sp³-hybridized carbons (Fsp3) is 0. The van der Waals surface area contributed by atoms with E-state index >= 15 is 0 Å². The molecule has 0 saturated carbocycles. The molecule has 0 aromatic rings. The monoisotopic (exact) mass is 166 g/mol. The molecule has 0 fully saturated rings. The van der Waals surface area contributed by atoms with Gasteiger partial charge in [0.15, 0.2) is 0 Å². The summed E-state index contributed by atoms with van der Waals surface area (Å²) in [5.74, 6) is 0. The standard InChI is InChI=1S/BH2O3.Na.H2O3S/c2-1(3)4;;1-4(2)3/h2-3H;;(H2,1,2,3)/q-1;+1;. The number of hydrogen-bond donors (Lipinski definition) is 4. The van der Waals surface area contributed by atoms with Gasteiger partial charge in [-0.05, 0) is 0 Å². The Morgan fingerprint density at radius 1 is 1.33 bits per heavy atom. The third-order valence-electron chi connectivity index (χ3n) is 0. The Hall–Kier alpha value is 1.01. The third-order valence-corrected chi connectivity index (χ3v) is 0. The van der Waals surface area contributed by atoms with Gasteiger partial charge in [0.25, 0.3) is 11.4 Å². The maximum Gasteiger partial charge on any atom is 1.00 e. The predicted octanol–water partition coefficient (Wildman–Crippen LogP) is -6.00. The van der Waals surface area contributed by atoms with E-state index in [4.69, 9.17) is 28.4 Å². The van der Waals surface area contributed by atoms with Crippen molar-refractivity contribution in [2.75, 3.05) is 0 Å². The maximum atomic E-state index is 8.67. The summed E-state index contributed by atoms with van der Waals surface area (Å²) in [6.07, 6.45) is 0. The zero-order valence-corrected chi connectivity index (χ0v) is 7.41. The van der Waals surface area contributed by atoms with Gasteiger partial charge in [-0.2, -0.15) is 4.21 Å². The SMILES string of the molecule is O=S(O)O.[Na+].[O-]B(O)O. The van der Waals surface area contributed by atoms with E-state index < -0.39 is 18.7 Å². The summed E-state index contributed by atoms with van der Waals surface area (Å²) in [7, 11) is -2.42. The zero-order chi connectivity index (χ0) is 7.15. The molecule has 0 saturated heterocycles. The van der Waals surface area contributed by atoms with Crippen LogP contribution in [0.25, 0.3) is 0 Å². The number of rotatable bonds is 0. The summed E-state index contributed by atoms with van der Waals surface area (Å²) < 4.78 is 22.8. The average molecular weight is 166 g/mol. The molecule has 0 aliphatic carbocycles. The quantitative estimate of drug-likeness (QED) is 0.210. The fourth-order valence-electron chi connectivity index (χ4n) is 0. The van der Waals surface area contributed by atoms with E-state index in [0.29, 0.717) is 0 Å². The topological polar surface area (TPSA) is 121 Å². The van der Waals surface area contributed by atoms with Crippen molar-refractivity contribution in [1.29, 1.82) is 0 Å². The zero-order valence-electron chi connectivity index (χ0n) is 4.59. The number of hydrogen-bond acceptors (Lipinski definition) is 4. The van der Waals surface area contributed by atoms with Crippen LogP contribution < -0.4 is 34.6 Å². The molecule has 0 unspecified atom stereocenters. The van der Waals surface area contributed by atoms with Crippen LogP contribution in [-0.2, 0) is 11.4 Å². The van der Waals surface area contributed by atoms with Crippen molar-refractivity contribution in [1.82, 2.24) is 0 Å². The normalized spacial score (nSPS) is 6.89. The van der Waals surface area contributed by atoms with E-state index in [0.717, 1.165) is 0 Å². The van der Waals surface area contributed by atoms with Crippen LogP contribution in [0.1, 0.15) is 0 Å². The van der Waals surface area contributed by atoms with Gasteiger partial charge in [-0.25, -0.2) is 0 Å². The second-order valence-corrected chi connectivity index (χ2v) is 1.02. The summed E-state index contributed by atoms with van der Waals surface area (Å²) in [5.41, 5.74) is 0. The first kappa shape index (κ1) is 16.5. The smallest absolute Gasteiger partial charge is 0.832 e. The van der Waals surface area contributed by atoms with Crippen molar-refractivity contribution in [3.63, 3.8) is 0 Å². The van der Waals surface area contributed by atoms with Crippen LogP contribution in [0.5, 0.6) is 0 Å². The van der Waals surface area contributed by atoms with Gasteiger partial charge in [-0.3, -0.25) is 9.11 Å². The minimum absolute atomic E-state index is 0. The fourth-order valence-corrected chi connectivity index (χ4v) is 0. The molecule has 0 aliphatic rings. The Morgan fingerprint density at radius 2 is 1.33 bits per heavy atom. The Labute approximate surface area is 76.5 Å².